The van der Waals surface area contributed by atoms with Crippen LogP contribution in [0, 0.1) is 0 Å². The Bertz CT molecular complexity index is 520. The fraction of sp³-hybridized carbons (Fsp3) is 0.500. The van der Waals surface area contributed by atoms with Crippen molar-refractivity contribution in [3.05, 3.63) is 17.6 Å². The lowest BCUT2D eigenvalue weighted by Gasteiger charge is -2.22. The van der Waals surface area contributed by atoms with Crippen molar-refractivity contribution in [2.75, 3.05) is 0 Å². The van der Waals surface area contributed by atoms with E-state index in [0.29, 0.717) is 17.0 Å². The average Bonchev–Trinajstić information content (AvgIpc) is 2.78. The predicted molar refractivity (Wildman–Crippen MR) is 64.3 cm³/mol. The van der Waals surface area contributed by atoms with Crippen molar-refractivity contribution in [3.63, 3.8) is 0 Å². The van der Waals surface area contributed by atoms with Gasteiger partial charge >= 0.3 is 0 Å². The number of aromatic nitrogens is 2. The van der Waals surface area contributed by atoms with E-state index in [1.807, 2.05) is 0 Å². The highest BCUT2D eigenvalue weighted by molar-refractivity contribution is 6.28. The van der Waals surface area contributed by atoms with Crippen molar-refractivity contribution < 1.29 is 9.15 Å². The second-order valence-corrected chi connectivity index (χ2v) is 4.65. The molecule has 0 saturated heterocycles. The molecule has 2 aromatic rings. The van der Waals surface area contributed by atoms with Gasteiger partial charge in [0, 0.05) is 6.07 Å². The molecule has 2 aromatic heterocycles. The van der Waals surface area contributed by atoms with E-state index in [2.05, 4.69) is 9.97 Å². The monoisotopic (exact) mass is 252 g/mol. The number of hydrogen-bond donors (Lipinski definition) is 0. The van der Waals surface area contributed by atoms with Crippen molar-refractivity contribution in [1.82, 2.24) is 9.97 Å². The molecule has 2 heterocycles. The summed E-state index contributed by atoms with van der Waals surface area (Å²) in [5.41, 5.74) is 1.27. The SMILES string of the molecule is Clc1nc(OC2CCCCC2)c2occc2n1. The minimum Gasteiger partial charge on any atom is -0.472 e. The van der Waals surface area contributed by atoms with Gasteiger partial charge in [0.1, 0.15) is 11.6 Å². The van der Waals surface area contributed by atoms with Gasteiger partial charge in [-0.05, 0) is 37.3 Å². The van der Waals surface area contributed by atoms with Crippen molar-refractivity contribution in [3.8, 4) is 5.88 Å². The lowest BCUT2D eigenvalue weighted by Crippen LogP contribution is -2.20. The highest BCUT2D eigenvalue weighted by atomic mass is 35.5. The van der Waals surface area contributed by atoms with E-state index < -0.39 is 0 Å². The van der Waals surface area contributed by atoms with Gasteiger partial charge in [0.05, 0.1) is 6.26 Å². The van der Waals surface area contributed by atoms with Crippen LogP contribution in [0.2, 0.25) is 5.28 Å². The Morgan fingerprint density at radius 1 is 1.24 bits per heavy atom. The third-order valence-corrected chi connectivity index (χ3v) is 3.24. The molecule has 1 aliphatic carbocycles. The minimum absolute atomic E-state index is 0.199. The minimum atomic E-state index is 0.199. The summed E-state index contributed by atoms with van der Waals surface area (Å²) in [5, 5.41) is 0.199. The van der Waals surface area contributed by atoms with Crippen LogP contribution in [0.1, 0.15) is 32.1 Å². The van der Waals surface area contributed by atoms with Gasteiger partial charge in [-0.1, -0.05) is 6.42 Å². The van der Waals surface area contributed by atoms with E-state index in [1.165, 1.54) is 19.3 Å². The molecular formula is C12H13ClN2O2. The van der Waals surface area contributed by atoms with Crippen molar-refractivity contribution in [2.24, 2.45) is 0 Å². The highest BCUT2D eigenvalue weighted by Crippen LogP contribution is 2.28. The van der Waals surface area contributed by atoms with Gasteiger partial charge < -0.3 is 9.15 Å². The van der Waals surface area contributed by atoms with Gasteiger partial charge in [0.15, 0.2) is 0 Å². The van der Waals surface area contributed by atoms with Crippen LogP contribution in [0.4, 0.5) is 0 Å². The molecular weight excluding hydrogens is 240 g/mol. The van der Waals surface area contributed by atoms with Crippen LogP contribution in [-0.2, 0) is 0 Å². The number of hydrogen-bond acceptors (Lipinski definition) is 4. The van der Waals surface area contributed by atoms with Crippen LogP contribution in [0.5, 0.6) is 5.88 Å². The smallest absolute Gasteiger partial charge is 0.263 e. The van der Waals surface area contributed by atoms with Crippen molar-refractivity contribution >= 4 is 22.7 Å². The summed E-state index contributed by atoms with van der Waals surface area (Å²) < 4.78 is 11.2. The maximum absolute atomic E-state index is 5.88. The molecule has 3 rings (SSSR count). The largest absolute Gasteiger partial charge is 0.472 e. The van der Waals surface area contributed by atoms with Crippen molar-refractivity contribution in [1.29, 1.82) is 0 Å². The van der Waals surface area contributed by atoms with E-state index in [9.17, 15) is 0 Å². The fourth-order valence-corrected chi connectivity index (χ4v) is 2.40. The number of ether oxygens (including phenoxy) is 1. The first-order valence-electron chi connectivity index (χ1n) is 5.90. The lowest BCUT2D eigenvalue weighted by atomic mass is 9.98. The molecule has 0 spiro atoms. The van der Waals surface area contributed by atoms with Gasteiger partial charge in [0.25, 0.3) is 5.88 Å². The fourth-order valence-electron chi connectivity index (χ4n) is 2.23. The maximum Gasteiger partial charge on any atom is 0.263 e. The van der Waals surface area contributed by atoms with E-state index in [1.54, 1.807) is 12.3 Å². The quantitative estimate of drug-likeness (QED) is 0.767. The van der Waals surface area contributed by atoms with E-state index in [4.69, 9.17) is 20.8 Å². The molecule has 17 heavy (non-hydrogen) atoms. The topological polar surface area (TPSA) is 48.2 Å². The van der Waals surface area contributed by atoms with E-state index >= 15 is 0 Å². The Morgan fingerprint density at radius 3 is 2.88 bits per heavy atom. The van der Waals surface area contributed by atoms with E-state index in [-0.39, 0.29) is 11.4 Å². The summed E-state index contributed by atoms with van der Waals surface area (Å²) in [6, 6.07) is 1.76. The lowest BCUT2D eigenvalue weighted by molar-refractivity contribution is 0.149. The molecule has 0 aliphatic heterocycles. The molecule has 1 fully saturated rings. The molecule has 0 unspecified atom stereocenters. The molecule has 1 saturated carbocycles. The number of furan rings is 1. The Hall–Kier alpha value is -1.29. The van der Waals surface area contributed by atoms with Gasteiger partial charge in [-0.15, -0.1) is 0 Å². The number of halogens is 1. The molecule has 0 bridgehead atoms. The van der Waals surface area contributed by atoms with Crippen LogP contribution < -0.4 is 4.74 Å². The number of nitrogens with zero attached hydrogens (tertiary/aromatic N) is 2. The van der Waals surface area contributed by atoms with E-state index in [0.717, 1.165) is 12.8 Å². The first-order chi connectivity index (χ1) is 8.33. The standard InChI is InChI=1S/C12H13ClN2O2/c13-12-14-9-6-7-16-10(9)11(15-12)17-8-4-2-1-3-5-8/h6-8H,1-5H2. The van der Waals surface area contributed by atoms with Crippen LogP contribution in [0.3, 0.4) is 0 Å². The Labute approximate surface area is 104 Å². The summed E-state index contributed by atoms with van der Waals surface area (Å²) in [6.45, 7) is 0. The van der Waals surface area contributed by atoms with Gasteiger partial charge in [-0.3, -0.25) is 0 Å². The van der Waals surface area contributed by atoms with Crippen molar-refractivity contribution in [2.45, 2.75) is 38.2 Å². The molecule has 90 valence electrons. The Balaban J connectivity index is 1.90. The van der Waals surface area contributed by atoms with Crippen LogP contribution in [0.15, 0.2) is 16.7 Å². The van der Waals surface area contributed by atoms with Gasteiger partial charge in [0.2, 0.25) is 10.9 Å². The molecule has 0 atom stereocenters. The summed E-state index contributed by atoms with van der Waals surface area (Å²) in [7, 11) is 0. The van der Waals surface area contributed by atoms with Crippen LogP contribution in [0.25, 0.3) is 11.1 Å². The Kier molecular flexibility index (Phi) is 2.89. The zero-order valence-electron chi connectivity index (χ0n) is 9.36. The second-order valence-electron chi connectivity index (χ2n) is 4.31. The van der Waals surface area contributed by atoms with Gasteiger partial charge in [-0.2, -0.15) is 4.98 Å². The van der Waals surface area contributed by atoms with Crippen LogP contribution in [-0.4, -0.2) is 16.1 Å². The number of rotatable bonds is 2. The summed E-state index contributed by atoms with van der Waals surface area (Å²) >= 11 is 5.85. The highest BCUT2D eigenvalue weighted by Gasteiger charge is 2.19. The Morgan fingerprint density at radius 2 is 2.06 bits per heavy atom. The molecule has 0 N–H and O–H groups in total. The normalized spacial score (nSPS) is 17.5. The average molecular weight is 253 g/mol. The molecule has 0 radical (unpaired) electrons. The first kappa shape index (κ1) is 10.8. The van der Waals surface area contributed by atoms with Gasteiger partial charge in [-0.25, -0.2) is 4.98 Å². The zero-order valence-corrected chi connectivity index (χ0v) is 10.1. The molecule has 5 heteroatoms. The molecule has 0 amide bonds. The predicted octanol–water partition coefficient (Wildman–Crippen LogP) is 3.59. The maximum atomic E-state index is 5.88. The second kappa shape index (κ2) is 4.53. The molecule has 0 aromatic carbocycles. The summed E-state index contributed by atoms with van der Waals surface area (Å²) in [4.78, 5) is 8.18. The summed E-state index contributed by atoms with van der Waals surface area (Å²) in [6.07, 6.45) is 7.66. The molecule has 1 aliphatic rings. The zero-order chi connectivity index (χ0) is 11.7. The number of fused-ring (bicyclic) bond motifs is 1. The molecule has 4 nitrogen and oxygen atoms in total. The third-order valence-electron chi connectivity index (χ3n) is 3.08. The third kappa shape index (κ3) is 2.22. The first-order valence-corrected chi connectivity index (χ1v) is 6.28. The summed E-state index contributed by atoms with van der Waals surface area (Å²) in [5.74, 6) is 0.469. The van der Waals surface area contributed by atoms with Crippen LogP contribution >= 0.6 is 11.6 Å².